The van der Waals surface area contributed by atoms with Crippen molar-refractivity contribution < 1.29 is 18.0 Å². The zero-order valence-corrected chi connectivity index (χ0v) is 25.9. The third-order valence-corrected chi connectivity index (χ3v) is 8.81. The Morgan fingerprint density at radius 2 is 1.64 bits per heavy atom. The first-order valence-electron chi connectivity index (χ1n) is 12.2. The smallest absolute Gasteiger partial charge is 0.264 e. The molecule has 0 aliphatic heterocycles. The van der Waals surface area contributed by atoms with Crippen LogP contribution in [-0.2, 0) is 26.2 Å². The largest absolute Gasteiger partial charge is 0.352 e. The van der Waals surface area contributed by atoms with Gasteiger partial charge in [0.25, 0.3) is 10.0 Å². The molecule has 0 fully saturated rings. The Balaban J connectivity index is 2.05. The molecule has 0 heterocycles. The molecule has 0 saturated carbocycles. The lowest BCUT2D eigenvalue weighted by Gasteiger charge is -2.32. The molecule has 1 unspecified atom stereocenters. The number of hydrogen-bond acceptors (Lipinski definition) is 4. The molecule has 208 valence electrons. The molecule has 39 heavy (non-hydrogen) atoms. The summed E-state index contributed by atoms with van der Waals surface area (Å²) in [6, 6.07) is 16.9. The Morgan fingerprint density at radius 3 is 2.23 bits per heavy atom. The van der Waals surface area contributed by atoms with Crippen molar-refractivity contribution in [1.82, 2.24) is 10.2 Å². The maximum atomic E-state index is 13.9. The van der Waals surface area contributed by atoms with E-state index in [4.69, 9.17) is 23.2 Å². The Hall–Kier alpha value is -2.59. The van der Waals surface area contributed by atoms with Crippen LogP contribution < -0.4 is 9.62 Å². The Bertz CT molecular complexity index is 1450. The van der Waals surface area contributed by atoms with Gasteiger partial charge in [0.15, 0.2) is 0 Å². The maximum absolute atomic E-state index is 13.9. The Morgan fingerprint density at radius 1 is 0.974 bits per heavy atom. The molecule has 0 radical (unpaired) electrons. The van der Waals surface area contributed by atoms with Gasteiger partial charge in [0, 0.05) is 27.1 Å². The van der Waals surface area contributed by atoms with Crippen LogP contribution in [0.3, 0.4) is 0 Å². The fourth-order valence-electron chi connectivity index (χ4n) is 3.82. The third-order valence-electron chi connectivity index (χ3n) is 5.94. The van der Waals surface area contributed by atoms with Crippen LogP contribution in [0.4, 0.5) is 5.69 Å². The van der Waals surface area contributed by atoms with Gasteiger partial charge in [-0.3, -0.25) is 13.9 Å². The van der Waals surface area contributed by atoms with Crippen molar-refractivity contribution in [3.8, 4) is 0 Å². The lowest BCUT2D eigenvalue weighted by atomic mass is 10.1. The van der Waals surface area contributed by atoms with Gasteiger partial charge in [-0.15, -0.1) is 0 Å². The van der Waals surface area contributed by atoms with E-state index in [0.717, 1.165) is 9.87 Å². The molecule has 0 aliphatic rings. The van der Waals surface area contributed by atoms with Crippen LogP contribution >= 0.6 is 39.1 Å². The molecule has 2 amide bonds. The van der Waals surface area contributed by atoms with E-state index in [0.29, 0.717) is 25.8 Å². The van der Waals surface area contributed by atoms with Crippen molar-refractivity contribution in [3.63, 3.8) is 0 Å². The van der Waals surface area contributed by atoms with Gasteiger partial charge < -0.3 is 10.2 Å². The number of anilines is 1. The Kier molecular flexibility index (Phi) is 10.5. The van der Waals surface area contributed by atoms with Gasteiger partial charge in [-0.05, 0) is 75.7 Å². The number of hydrogen-bond donors (Lipinski definition) is 1. The highest BCUT2D eigenvalue weighted by molar-refractivity contribution is 9.10. The fourth-order valence-corrected chi connectivity index (χ4v) is 6.08. The zero-order chi connectivity index (χ0) is 28.9. The van der Waals surface area contributed by atoms with Crippen molar-refractivity contribution in [2.45, 2.75) is 51.2 Å². The predicted octanol–water partition coefficient (Wildman–Crippen LogP) is 6.20. The van der Waals surface area contributed by atoms with Crippen molar-refractivity contribution in [3.05, 3.63) is 92.4 Å². The number of carbonyl (C=O) groups is 2. The molecule has 0 aliphatic carbocycles. The maximum Gasteiger partial charge on any atom is 0.264 e. The van der Waals surface area contributed by atoms with E-state index >= 15 is 0 Å². The Labute approximate surface area is 248 Å². The molecule has 7 nitrogen and oxygen atoms in total. The summed E-state index contributed by atoms with van der Waals surface area (Å²) >= 11 is 15.8. The number of aryl methyl sites for hydroxylation is 1. The first kappa shape index (κ1) is 30.9. The lowest BCUT2D eigenvalue weighted by Crippen LogP contribution is -2.52. The van der Waals surface area contributed by atoms with E-state index in [1.54, 1.807) is 61.5 Å². The van der Waals surface area contributed by atoms with Crippen LogP contribution in [0.2, 0.25) is 10.0 Å². The van der Waals surface area contributed by atoms with Gasteiger partial charge in [0.1, 0.15) is 12.6 Å². The van der Waals surface area contributed by atoms with E-state index < -0.39 is 28.5 Å². The molecule has 11 heteroatoms. The molecule has 3 rings (SSSR count). The highest BCUT2D eigenvalue weighted by atomic mass is 79.9. The topological polar surface area (TPSA) is 86.8 Å². The lowest BCUT2D eigenvalue weighted by molar-refractivity contribution is -0.139. The molecule has 3 aromatic rings. The quantitative estimate of drug-likeness (QED) is 0.282. The van der Waals surface area contributed by atoms with Crippen LogP contribution in [-0.4, -0.2) is 43.8 Å². The van der Waals surface area contributed by atoms with Crippen LogP contribution in [0.15, 0.2) is 76.1 Å². The minimum Gasteiger partial charge on any atom is -0.352 e. The van der Waals surface area contributed by atoms with Crippen molar-refractivity contribution in [1.29, 1.82) is 0 Å². The molecule has 1 N–H and O–H groups in total. The van der Waals surface area contributed by atoms with Crippen LogP contribution in [0.25, 0.3) is 0 Å². The van der Waals surface area contributed by atoms with Gasteiger partial charge in [-0.1, -0.05) is 69.0 Å². The number of halogens is 3. The van der Waals surface area contributed by atoms with Crippen molar-refractivity contribution >= 4 is 66.7 Å². The number of nitrogens with one attached hydrogen (secondary N) is 1. The zero-order valence-electron chi connectivity index (χ0n) is 22.0. The van der Waals surface area contributed by atoms with Gasteiger partial charge in [-0.2, -0.15) is 0 Å². The first-order chi connectivity index (χ1) is 18.3. The molecule has 0 spiro atoms. The van der Waals surface area contributed by atoms with E-state index in [1.807, 2.05) is 20.8 Å². The van der Waals surface area contributed by atoms with E-state index in [-0.39, 0.29) is 23.4 Å². The molecule has 3 aromatic carbocycles. The number of carbonyl (C=O) groups excluding carboxylic acids is 2. The number of benzene rings is 3. The van der Waals surface area contributed by atoms with E-state index in [2.05, 4.69) is 21.2 Å². The minimum atomic E-state index is -4.15. The van der Waals surface area contributed by atoms with Crippen LogP contribution in [0.1, 0.15) is 31.9 Å². The highest BCUT2D eigenvalue weighted by Crippen LogP contribution is 2.28. The number of sulfonamides is 1. The molecule has 1 atom stereocenters. The minimum absolute atomic E-state index is 0.0293. The summed E-state index contributed by atoms with van der Waals surface area (Å²) < 4.78 is 29.4. The van der Waals surface area contributed by atoms with E-state index in [1.165, 1.54) is 17.0 Å². The molecule has 0 bridgehead atoms. The summed E-state index contributed by atoms with van der Waals surface area (Å²) in [6.45, 7) is 6.51. The number of nitrogens with zero attached hydrogens (tertiary/aromatic N) is 2. The molecular formula is C28H30BrCl2N3O4S. The predicted molar refractivity (Wildman–Crippen MR) is 160 cm³/mol. The monoisotopic (exact) mass is 653 g/mol. The molecule has 0 saturated heterocycles. The summed E-state index contributed by atoms with van der Waals surface area (Å²) in [5.74, 6) is -0.957. The average Bonchev–Trinajstić information content (AvgIpc) is 2.86. The van der Waals surface area contributed by atoms with Crippen molar-refractivity contribution in [2.75, 3.05) is 10.8 Å². The summed E-state index contributed by atoms with van der Waals surface area (Å²) in [5, 5.41) is 3.57. The second kappa shape index (κ2) is 13.2. The number of amides is 2. The summed E-state index contributed by atoms with van der Waals surface area (Å²) in [6.07, 6.45) is 0. The first-order valence-corrected chi connectivity index (χ1v) is 15.2. The normalized spacial score (nSPS) is 12.2. The second-order valence-electron chi connectivity index (χ2n) is 9.40. The van der Waals surface area contributed by atoms with Gasteiger partial charge >= 0.3 is 0 Å². The van der Waals surface area contributed by atoms with Gasteiger partial charge in [-0.25, -0.2) is 8.42 Å². The number of rotatable bonds is 10. The SMILES string of the molecule is Cc1ccc(S(=O)(=O)N(CC(=O)N(Cc2ccc(Cl)cc2Cl)C(C)C(=O)NC(C)C)c2cccc(Br)c2)cc1. The highest BCUT2D eigenvalue weighted by Gasteiger charge is 2.33. The van der Waals surface area contributed by atoms with Crippen LogP contribution in [0.5, 0.6) is 0 Å². The average molecular weight is 655 g/mol. The molecular weight excluding hydrogens is 625 g/mol. The van der Waals surface area contributed by atoms with Crippen LogP contribution in [0, 0.1) is 6.92 Å². The van der Waals surface area contributed by atoms with Gasteiger partial charge in [0.2, 0.25) is 11.8 Å². The van der Waals surface area contributed by atoms with E-state index in [9.17, 15) is 18.0 Å². The third kappa shape index (κ3) is 7.97. The summed E-state index contributed by atoms with van der Waals surface area (Å²) in [7, 11) is -4.15. The summed E-state index contributed by atoms with van der Waals surface area (Å²) in [5.41, 5.74) is 1.76. The fraction of sp³-hybridized carbons (Fsp3) is 0.286. The van der Waals surface area contributed by atoms with Gasteiger partial charge in [0.05, 0.1) is 10.6 Å². The molecule has 0 aromatic heterocycles. The standard InChI is InChI=1S/C28H30BrCl2N3O4S/c1-18(2)32-28(36)20(4)33(16-21-10-11-23(30)15-26(21)31)27(35)17-34(24-7-5-6-22(29)14-24)39(37,38)25-12-8-19(3)9-13-25/h5-15,18,20H,16-17H2,1-4H3,(H,32,36). The second-order valence-corrected chi connectivity index (χ2v) is 13.0. The summed E-state index contributed by atoms with van der Waals surface area (Å²) in [4.78, 5) is 28.3. The van der Waals surface area contributed by atoms with Crippen molar-refractivity contribution in [2.24, 2.45) is 0 Å².